The average Bonchev–Trinajstić information content (AvgIpc) is 2.54. The molecule has 0 amide bonds. The van der Waals surface area contributed by atoms with Crippen molar-refractivity contribution in [1.29, 1.82) is 0 Å². The van der Waals surface area contributed by atoms with Gasteiger partial charge < -0.3 is 11.1 Å². The molecule has 1 aromatic carbocycles. The fraction of sp³-hybridized carbons (Fsp3) is 0.263. The number of allylic oxidation sites excluding steroid dienone is 5. The summed E-state index contributed by atoms with van der Waals surface area (Å²) in [5.74, 6) is 1.40. The van der Waals surface area contributed by atoms with Crippen LogP contribution in [0, 0.1) is 5.92 Å². The van der Waals surface area contributed by atoms with E-state index in [-0.39, 0.29) is 0 Å². The number of nitrogens with one attached hydrogen (secondary N) is 1. The highest BCUT2D eigenvalue weighted by Crippen LogP contribution is 2.27. The summed E-state index contributed by atoms with van der Waals surface area (Å²) in [6.45, 7) is 6.58. The van der Waals surface area contributed by atoms with Gasteiger partial charge in [-0.25, -0.2) is 4.98 Å². The van der Waals surface area contributed by atoms with Gasteiger partial charge in [0.2, 0.25) is 5.95 Å². The summed E-state index contributed by atoms with van der Waals surface area (Å²) in [5, 5.41) is 4.15. The molecule has 0 aliphatic heterocycles. The summed E-state index contributed by atoms with van der Waals surface area (Å²) in [6, 6.07) is 7.76. The van der Waals surface area contributed by atoms with Gasteiger partial charge in [-0.3, -0.25) is 0 Å². The first-order valence-electron chi connectivity index (χ1n) is 7.97. The fourth-order valence-corrected chi connectivity index (χ4v) is 2.85. The lowest BCUT2D eigenvalue weighted by molar-refractivity contribution is 0.841. The highest BCUT2D eigenvalue weighted by molar-refractivity contribution is 5.88. The molecule has 1 aromatic heterocycles. The predicted molar refractivity (Wildman–Crippen MR) is 97.0 cm³/mol. The number of fused-ring (bicyclic) bond motifs is 1. The first-order chi connectivity index (χ1) is 11.1. The van der Waals surface area contributed by atoms with Crippen LogP contribution in [0.1, 0.15) is 27.2 Å². The maximum absolute atomic E-state index is 6.03. The van der Waals surface area contributed by atoms with Gasteiger partial charge in [0.05, 0.1) is 5.52 Å². The summed E-state index contributed by atoms with van der Waals surface area (Å²) >= 11 is 0. The number of hydrogen-bond acceptors (Lipinski definition) is 4. The molecule has 0 fully saturated rings. The second kappa shape index (κ2) is 6.24. The first-order valence-corrected chi connectivity index (χ1v) is 7.97. The molecule has 1 atom stereocenters. The Kier molecular flexibility index (Phi) is 4.15. The lowest BCUT2D eigenvalue weighted by Gasteiger charge is -2.19. The Labute approximate surface area is 136 Å². The van der Waals surface area contributed by atoms with Gasteiger partial charge in [0, 0.05) is 17.0 Å². The molecule has 23 heavy (non-hydrogen) atoms. The minimum atomic E-state index is 0.375. The second-order valence-corrected chi connectivity index (χ2v) is 5.91. The number of aromatic nitrogens is 2. The third-order valence-electron chi connectivity index (χ3n) is 4.27. The maximum Gasteiger partial charge on any atom is 0.229 e. The molecule has 0 radical (unpaired) electrons. The Morgan fingerprint density at radius 1 is 1.22 bits per heavy atom. The van der Waals surface area contributed by atoms with E-state index >= 15 is 0 Å². The normalized spacial score (nSPS) is 19.6. The number of anilines is 2. The molecule has 4 heteroatoms. The molecule has 3 rings (SSSR count). The molecule has 0 bridgehead atoms. The summed E-state index contributed by atoms with van der Waals surface area (Å²) in [5.41, 5.74) is 10.7. The van der Waals surface area contributed by atoms with Crippen LogP contribution in [-0.2, 0) is 0 Å². The molecule has 0 saturated carbocycles. The van der Waals surface area contributed by atoms with Crippen LogP contribution in [0.5, 0.6) is 0 Å². The zero-order chi connectivity index (χ0) is 16.4. The number of para-hydroxylation sites is 1. The number of rotatable bonds is 3. The Morgan fingerprint density at radius 2 is 2.00 bits per heavy atom. The molecule has 1 heterocycles. The van der Waals surface area contributed by atoms with Crippen LogP contribution in [0.2, 0.25) is 0 Å². The summed E-state index contributed by atoms with van der Waals surface area (Å²) in [4.78, 5) is 8.90. The maximum atomic E-state index is 6.03. The SMILES string of the molecule is CC/C(C)=C1\C=CC(Nc2nc(N)c3ccccc3n2)=CC1C. The van der Waals surface area contributed by atoms with Crippen molar-refractivity contribution in [3.63, 3.8) is 0 Å². The van der Waals surface area contributed by atoms with Gasteiger partial charge in [0.25, 0.3) is 0 Å². The molecule has 0 spiro atoms. The van der Waals surface area contributed by atoms with Gasteiger partial charge in [0.1, 0.15) is 5.82 Å². The molecule has 1 aliphatic carbocycles. The highest BCUT2D eigenvalue weighted by Gasteiger charge is 2.13. The smallest absolute Gasteiger partial charge is 0.229 e. The zero-order valence-corrected chi connectivity index (χ0v) is 13.8. The Bertz CT molecular complexity index is 830. The number of hydrogen-bond donors (Lipinski definition) is 2. The van der Waals surface area contributed by atoms with Crippen LogP contribution in [0.3, 0.4) is 0 Å². The largest absolute Gasteiger partial charge is 0.383 e. The van der Waals surface area contributed by atoms with Crippen molar-refractivity contribution in [3.8, 4) is 0 Å². The van der Waals surface area contributed by atoms with Gasteiger partial charge in [-0.05, 0) is 37.1 Å². The van der Waals surface area contributed by atoms with Gasteiger partial charge >= 0.3 is 0 Å². The lowest BCUT2D eigenvalue weighted by Crippen LogP contribution is -2.10. The predicted octanol–water partition coefficient (Wildman–Crippen LogP) is 4.44. The van der Waals surface area contributed by atoms with Crippen LogP contribution >= 0.6 is 0 Å². The van der Waals surface area contributed by atoms with E-state index in [0.29, 0.717) is 17.7 Å². The van der Waals surface area contributed by atoms with Crippen molar-refractivity contribution in [2.24, 2.45) is 5.92 Å². The van der Waals surface area contributed by atoms with Crippen molar-refractivity contribution in [2.45, 2.75) is 27.2 Å². The van der Waals surface area contributed by atoms with Crippen LogP contribution in [0.25, 0.3) is 10.9 Å². The van der Waals surface area contributed by atoms with E-state index in [1.54, 1.807) is 0 Å². The number of nitrogen functional groups attached to an aromatic ring is 1. The quantitative estimate of drug-likeness (QED) is 0.880. The lowest BCUT2D eigenvalue weighted by atomic mass is 9.90. The van der Waals surface area contributed by atoms with E-state index in [1.165, 1.54) is 11.1 Å². The van der Waals surface area contributed by atoms with Crippen molar-refractivity contribution >= 4 is 22.7 Å². The van der Waals surface area contributed by atoms with E-state index < -0.39 is 0 Å². The first kappa shape index (κ1) is 15.3. The molecule has 0 saturated heterocycles. The van der Waals surface area contributed by atoms with E-state index in [2.05, 4.69) is 54.3 Å². The minimum Gasteiger partial charge on any atom is -0.383 e. The van der Waals surface area contributed by atoms with Crippen molar-refractivity contribution in [2.75, 3.05) is 11.1 Å². The molecule has 4 nitrogen and oxygen atoms in total. The van der Waals surface area contributed by atoms with Gasteiger partial charge in [-0.1, -0.05) is 43.7 Å². The third-order valence-corrected chi connectivity index (χ3v) is 4.27. The molecule has 118 valence electrons. The van der Waals surface area contributed by atoms with Gasteiger partial charge in [0.15, 0.2) is 0 Å². The molecule has 3 N–H and O–H groups in total. The molecular formula is C19H22N4. The van der Waals surface area contributed by atoms with E-state index in [4.69, 9.17) is 5.73 Å². The van der Waals surface area contributed by atoms with Crippen molar-refractivity contribution < 1.29 is 0 Å². The van der Waals surface area contributed by atoms with Crippen LogP contribution in [0.15, 0.2) is 59.3 Å². The van der Waals surface area contributed by atoms with Gasteiger partial charge in [-0.2, -0.15) is 4.98 Å². The molecule has 1 unspecified atom stereocenters. The monoisotopic (exact) mass is 306 g/mol. The Morgan fingerprint density at radius 3 is 2.74 bits per heavy atom. The van der Waals surface area contributed by atoms with E-state index in [0.717, 1.165) is 23.0 Å². The summed E-state index contributed by atoms with van der Waals surface area (Å²) < 4.78 is 0. The standard InChI is InChI=1S/C19H22N4/c1-4-12(2)15-10-9-14(11-13(15)3)21-19-22-17-8-6-5-7-16(17)18(20)23-19/h5-11,13H,4H2,1-3H3,(H3,20,21,22,23)/b15-12+. The number of nitrogens with two attached hydrogens (primary N) is 1. The Balaban J connectivity index is 1.88. The molecule has 2 aromatic rings. The molecule has 1 aliphatic rings. The van der Waals surface area contributed by atoms with Crippen molar-refractivity contribution in [1.82, 2.24) is 9.97 Å². The topological polar surface area (TPSA) is 63.8 Å². The summed E-state index contributed by atoms with van der Waals surface area (Å²) in [7, 11) is 0. The average molecular weight is 306 g/mol. The van der Waals surface area contributed by atoms with E-state index in [1.807, 2.05) is 24.3 Å². The fourth-order valence-electron chi connectivity index (χ4n) is 2.85. The van der Waals surface area contributed by atoms with Crippen molar-refractivity contribution in [3.05, 3.63) is 59.3 Å². The zero-order valence-electron chi connectivity index (χ0n) is 13.8. The van der Waals surface area contributed by atoms with E-state index in [9.17, 15) is 0 Å². The van der Waals surface area contributed by atoms with Crippen LogP contribution < -0.4 is 11.1 Å². The van der Waals surface area contributed by atoms with Crippen LogP contribution in [0.4, 0.5) is 11.8 Å². The Hall–Kier alpha value is -2.62. The number of benzene rings is 1. The molecular weight excluding hydrogens is 284 g/mol. The van der Waals surface area contributed by atoms with Crippen LogP contribution in [-0.4, -0.2) is 9.97 Å². The third kappa shape index (κ3) is 3.11. The number of nitrogens with zero attached hydrogens (tertiary/aromatic N) is 2. The minimum absolute atomic E-state index is 0.375. The second-order valence-electron chi connectivity index (χ2n) is 5.91. The van der Waals surface area contributed by atoms with Gasteiger partial charge in [-0.15, -0.1) is 0 Å². The summed E-state index contributed by atoms with van der Waals surface area (Å²) in [6.07, 6.45) is 7.52. The highest BCUT2D eigenvalue weighted by atomic mass is 15.1.